The van der Waals surface area contributed by atoms with Crippen LogP contribution in [-0.4, -0.2) is 58.7 Å². The van der Waals surface area contributed by atoms with Gasteiger partial charge in [-0.3, -0.25) is 4.79 Å². The van der Waals surface area contributed by atoms with E-state index in [-0.39, 0.29) is 18.1 Å². The predicted molar refractivity (Wildman–Crippen MR) is 102 cm³/mol. The summed E-state index contributed by atoms with van der Waals surface area (Å²) in [5.74, 6) is 0.0222. The van der Waals surface area contributed by atoms with Crippen molar-refractivity contribution in [1.82, 2.24) is 19.8 Å². The summed E-state index contributed by atoms with van der Waals surface area (Å²) in [5.41, 5.74) is 1.74. The molecule has 1 aromatic carbocycles. The van der Waals surface area contributed by atoms with Crippen LogP contribution in [0.2, 0.25) is 0 Å². The molecule has 2 fully saturated rings. The largest absolute Gasteiger partial charge is 0.373 e. The Morgan fingerprint density at radius 1 is 1.42 bits per heavy atom. The van der Waals surface area contributed by atoms with Crippen LogP contribution in [0.15, 0.2) is 41.3 Å². The third-order valence-electron chi connectivity index (χ3n) is 5.34. The standard InChI is InChI=1S/C19H23BrN4O2/c1-13(14-4-2-3-5-15(14)20)24-12-21-10-17(24)19(25)23-8-6-16-18(11-23)26-9-7-22-16/h2-5,10,12-13,16,18,22H,6-9,11H2,1H3. The number of imidazole rings is 1. The fourth-order valence-electron chi connectivity index (χ4n) is 3.86. The highest BCUT2D eigenvalue weighted by Crippen LogP contribution is 2.28. The van der Waals surface area contributed by atoms with Crippen LogP contribution in [0.5, 0.6) is 0 Å². The number of likely N-dealkylation sites (tertiary alicyclic amines) is 1. The summed E-state index contributed by atoms with van der Waals surface area (Å²) in [4.78, 5) is 19.3. The minimum atomic E-state index is 0.0113. The van der Waals surface area contributed by atoms with E-state index < -0.39 is 0 Å². The second kappa shape index (κ2) is 7.50. The van der Waals surface area contributed by atoms with Crippen LogP contribution >= 0.6 is 15.9 Å². The number of benzene rings is 1. The molecular weight excluding hydrogens is 396 g/mol. The lowest BCUT2D eigenvalue weighted by atomic mass is 10.00. The number of carbonyl (C=O) groups excluding carboxylic acids is 1. The fourth-order valence-corrected chi connectivity index (χ4v) is 4.48. The van der Waals surface area contributed by atoms with Crippen molar-refractivity contribution in [3.63, 3.8) is 0 Å². The van der Waals surface area contributed by atoms with E-state index in [1.54, 1.807) is 12.5 Å². The lowest BCUT2D eigenvalue weighted by molar-refractivity contribution is -0.0417. The number of hydrogen-bond donors (Lipinski definition) is 1. The number of morpholine rings is 1. The van der Waals surface area contributed by atoms with E-state index >= 15 is 0 Å². The monoisotopic (exact) mass is 418 g/mol. The first-order valence-electron chi connectivity index (χ1n) is 9.05. The zero-order valence-electron chi connectivity index (χ0n) is 14.8. The van der Waals surface area contributed by atoms with Gasteiger partial charge in [0, 0.05) is 30.1 Å². The molecule has 3 atom stereocenters. The molecule has 3 heterocycles. The van der Waals surface area contributed by atoms with Crippen LogP contribution in [0.3, 0.4) is 0 Å². The van der Waals surface area contributed by atoms with E-state index in [4.69, 9.17) is 4.74 Å². The van der Waals surface area contributed by atoms with E-state index in [0.717, 1.165) is 29.5 Å². The third-order valence-corrected chi connectivity index (χ3v) is 6.07. The second-order valence-corrected chi connectivity index (χ2v) is 7.75. The highest BCUT2D eigenvalue weighted by molar-refractivity contribution is 9.10. The minimum Gasteiger partial charge on any atom is -0.373 e. The first-order chi connectivity index (χ1) is 12.6. The van der Waals surface area contributed by atoms with Gasteiger partial charge in [0.05, 0.1) is 31.3 Å². The lowest BCUT2D eigenvalue weighted by Crippen LogP contribution is -2.58. The molecule has 2 aliphatic rings. The Labute approximate surface area is 161 Å². The minimum absolute atomic E-state index is 0.0113. The normalized spacial score (nSPS) is 24.2. The van der Waals surface area contributed by atoms with E-state index in [2.05, 4.69) is 39.2 Å². The zero-order valence-corrected chi connectivity index (χ0v) is 16.4. The number of fused-ring (bicyclic) bond motifs is 1. The van der Waals surface area contributed by atoms with Crippen LogP contribution < -0.4 is 5.32 Å². The average molecular weight is 419 g/mol. The first kappa shape index (κ1) is 17.7. The van der Waals surface area contributed by atoms with Crippen molar-refractivity contribution in [1.29, 1.82) is 0 Å². The summed E-state index contributed by atoms with van der Waals surface area (Å²) in [5, 5.41) is 3.49. The molecule has 0 aliphatic carbocycles. The topological polar surface area (TPSA) is 59.4 Å². The summed E-state index contributed by atoms with van der Waals surface area (Å²) in [6.45, 7) is 5.06. The molecule has 26 heavy (non-hydrogen) atoms. The lowest BCUT2D eigenvalue weighted by Gasteiger charge is -2.41. The summed E-state index contributed by atoms with van der Waals surface area (Å²) in [6.07, 6.45) is 4.41. The molecule has 7 heteroatoms. The van der Waals surface area contributed by atoms with Gasteiger partial charge in [-0.25, -0.2) is 4.98 Å². The predicted octanol–water partition coefficient (Wildman–Crippen LogP) is 2.46. The molecule has 0 bridgehead atoms. The molecule has 3 unspecified atom stereocenters. The van der Waals surface area contributed by atoms with Crippen molar-refractivity contribution >= 4 is 21.8 Å². The van der Waals surface area contributed by atoms with E-state index in [1.807, 2.05) is 27.7 Å². The average Bonchev–Trinajstić information content (AvgIpc) is 3.16. The number of carbonyl (C=O) groups is 1. The molecule has 2 aliphatic heterocycles. The summed E-state index contributed by atoms with van der Waals surface area (Å²) >= 11 is 3.61. The fraction of sp³-hybridized carbons (Fsp3) is 0.474. The van der Waals surface area contributed by atoms with Gasteiger partial charge in [-0.05, 0) is 25.0 Å². The number of amides is 1. The number of rotatable bonds is 3. The Kier molecular flexibility index (Phi) is 5.11. The molecule has 4 rings (SSSR count). The Bertz CT molecular complexity index is 793. The van der Waals surface area contributed by atoms with Crippen molar-refractivity contribution < 1.29 is 9.53 Å². The number of hydrogen-bond acceptors (Lipinski definition) is 4. The molecule has 1 N–H and O–H groups in total. The SMILES string of the molecule is CC(c1ccccc1Br)n1cncc1C(=O)N1CCC2NCCOC2C1. The van der Waals surface area contributed by atoms with Crippen molar-refractivity contribution in [3.8, 4) is 0 Å². The molecule has 138 valence electrons. The van der Waals surface area contributed by atoms with Gasteiger partial charge in [-0.1, -0.05) is 34.1 Å². The highest BCUT2D eigenvalue weighted by atomic mass is 79.9. The molecule has 2 aromatic rings. The van der Waals surface area contributed by atoms with Gasteiger partial charge in [0.1, 0.15) is 5.69 Å². The molecule has 1 amide bonds. The Morgan fingerprint density at radius 3 is 3.12 bits per heavy atom. The van der Waals surface area contributed by atoms with Crippen LogP contribution in [0.25, 0.3) is 0 Å². The van der Waals surface area contributed by atoms with Crippen molar-refractivity contribution in [2.45, 2.75) is 31.5 Å². The van der Waals surface area contributed by atoms with Gasteiger partial charge in [-0.2, -0.15) is 0 Å². The molecule has 0 radical (unpaired) electrons. The van der Waals surface area contributed by atoms with Gasteiger partial charge in [-0.15, -0.1) is 0 Å². The molecule has 2 saturated heterocycles. The first-order valence-corrected chi connectivity index (χ1v) is 9.85. The summed E-state index contributed by atoms with van der Waals surface area (Å²) in [6, 6.07) is 8.45. The van der Waals surface area contributed by atoms with Crippen LogP contribution in [-0.2, 0) is 4.74 Å². The highest BCUT2D eigenvalue weighted by Gasteiger charge is 2.35. The maximum Gasteiger partial charge on any atom is 0.272 e. The van der Waals surface area contributed by atoms with Gasteiger partial charge in [0.15, 0.2) is 0 Å². The number of halogens is 1. The second-order valence-electron chi connectivity index (χ2n) is 6.89. The summed E-state index contributed by atoms with van der Waals surface area (Å²) in [7, 11) is 0. The van der Waals surface area contributed by atoms with Crippen molar-refractivity contribution in [2.24, 2.45) is 0 Å². The van der Waals surface area contributed by atoms with Crippen LogP contribution in [0.4, 0.5) is 0 Å². The third kappa shape index (κ3) is 3.31. The van der Waals surface area contributed by atoms with Crippen LogP contribution in [0.1, 0.15) is 35.4 Å². The number of nitrogens with zero attached hydrogens (tertiary/aromatic N) is 3. The number of ether oxygens (including phenoxy) is 1. The zero-order chi connectivity index (χ0) is 18.1. The molecule has 1 aromatic heterocycles. The molecule has 6 nitrogen and oxygen atoms in total. The Balaban J connectivity index is 1.55. The van der Waals surface area contributed by atoms with Gasteiger partial charge < -0.3 is 19.5 Å². The van der Waals surface area contributed by atoms with E-state index in [9.17, 15) is 4.79 Å². The maximum atomic E-state index is 13.2. The smallest absolute Gasteiger partial charge is 0.272 e. The molecular formula is C19H23BrN4O2. The number of nitrogens with one attached hydrogen (secondary N) is 1. The van der Waals surface area contributed by atoms with Gasteiger partial charge in [0.2, 0.25) is 0 Å². The maximum absolute atomic E-state index is 13.2. The van der Waals surface area contributed by atoms with Crippen molar-refractivity contribution in [2.75, 3.05) is 26.2 Å². The Morgan fingerprint density at radius 2 is 2.27 bits per heavy atom. The quantitative estimate of drug-likeness (QED) is 0.831. The Hall–Kier alpha value is -1.70. The summed E-state index contributed by atoms with van der Waals surface area (Å²) < 4.78 is 8.84. The van der Waals surface area contributed by atoms with E-state index in [1.165, 1.54) is 0 Å². The molecule has 0 spiro atoms. The van der Waals surface area contributed by atoms with Gasteiger partial charge in [0.25, 0.3) is 5.91 Å². The molecule has 0 saturated carbocycles. The van der Waals surface area contributed by atoms with Gasteiger partial charge >= 0.3 is 0 Å². The van der Waals surface area contributed by atoms with E-state index in [0.29, 0.717) is 24.9 Å². The number of piperidine rings is 1. The van der Waals surface area contributed by atoms with Crippen molar-refractivity contribution in [3.05, 3.63) is 52.5 Å². The van der Waals surface area contributed by atoms with Crippen LogP contribution in [0, 0.1) is 0 Å². The number of aromatic nitrogens is 2.